The minimum Gasteiger partial charge on any atom is -0.495 e. The summed E-state index contributed by atoms with van der Waals surface area (Å²) in [4.78, 5) is 26.7. The second-order valence-corrected chi connectivity index (χ2v) is 8.32. The number of halogens is 1. The van der Waals surface area contributed by atoms with Crippen LogP contribution in [0.1, 0.15) is 20.7 Å². The Kier molecular flexibility index (Phi) is 6.69. The van der Waals surface area contributed by atoms with Gasteiger partial charge in [-0.25, -0.2) is 0 Å². The lowest BCUT2D eigenvalue weighted by atomic mass is 10.2. The molecule has 0 bridgehead atoms. The lowest BCUT2D eigenvalue weighted by Crippen LogP contribution is -2.34. The molecule has 0 aliphatic carbocycles. The highest BCUT2D eigenvalue weighted by molar-refractivity contribution is 7.12. The first-order chi connectivity index (χ1) is 13.5. The number of benzene rings is 1. The summed E-state index contributed by atoms with van der Waals surface area (Å²) in [5.74, 6) is -1.21. The average Bonchev–Trinajstić information content (AvgIpc) is 3.38. The number of thiophene rings is 2. The number of methoxy groups -OCH3 is 1. The fraction of sp³-hybridized carbons (Fsp3) is 0.158. The third-order valence-corrected chi connectivity index (χ3v) is 6.10. The number of nitrogens with one attached hydrogen (secondary N) is 2. The van der Waals surface area contributed by atoms with Gasteiger partial charge in [0, 0.05) is 19.7 Å². The minimum atomic E-state index is -0.823. The summed E-state index contributed by atoms with van der Waals surface area (Å²) < 4.78 is 5.14. The molecule has 2 heterocycles. The minimum absolute atomic E-state index is 0.181. The largest absolute Gasteiger partial charge is 0.495 e. The summed E-state index contributed by atoms with van der Waals surface area (Å²) in [5.41, 5.74) is 0.313. The molecular weight excluding hydrogens is 420 g/mol. The van der Waals surface area contributed by atoms with Gasteiger partial charge in [-0.05, 0) is 41.8 Å². The van der Waals surface area contributed by atoms with E-state index >= 15 is 0 Å². The van der Waals surface area contributed by atoms with Gasteiger partial charge in [0.2, 0.25) is 0 Å². The van der Waals surface area contributed by atoms with Gasteiger partial charge in [0.05, 0.1) is 19.3 Å². The van der Waals surface area contributed by atoms with E-state index < -0.39 is 17.9 Å². The molecule has 0 fully saturated rings. The molecule has 0 radical (unpaired) electrons. The molecule has 1 unspecified atom stereocenters. The fourth-order valence-electron chi connectivity index (χ4n) is 2.43. The van der Waals surface area contributed by atoms with E-state index in [-0.39, 0.29) is 6.54 Å². The van der Waals surface area contributed by atoms with Crippen LogP contribution < -0.4 is 15.4 Å². The van der Waals surface area contributed by atoms with Crippen molar-refractivity contribution in [1.29, 1.82) is 0 Å². The van der Waals surface area contributed by atoms with Crippen LogP contribution in [-0.4, -0.2) is 24.0 Å². The molecule has 146 valence electrons. The maximum Gasteiger partial charge on any atom is 0.313 e. The molecule has 0 aliphatic rings. The van der Waals surface area contributed by atoms with Crippen LogP contribution in [0.15, 0.2) is 47.8 Å². The molecule has 0 saturated heterocycles. The Labute approximate surface area is 174 Å². The first-order valence-electron chi connectivity index (χ1n) is 8.20. The lowest BCUT2D eigenvalue weighted by molar-refractivity contribution is -0.136. The third-order valence-electron chi connectivity index (χ3n) is 3.80. The molecule has 0 spiro atoms. The van der Waals surface area contributed by atoms with E-state index in [1.54, 1.807) is 12.1 Å². The predicted molar refractivity (Wildman–Crippen MR) is 111 cm³/mol. The van der Waals surface area contributed by atoms with Crippen LogP contribution in [0.4, 0.5) is 5.69 Å². The summed E-state index contributed by atoms with van der Waals surface area (Å²) in [7, 11) is 1.46. The van der Waals surface area contributed by atoms with Crippen LogP contribution in [-0.2, 0) is 16.1 Å². The third kappa shape index (κ3) is 4.90. The quantitative estimate of drug-likeness (QED) is 0.513. The van der Waals surface area contributed by atoms with Crippen molar-refractivity contribution in [2.75, 3.05) is 12.4 Å². The molecular formula is C19H17ClN2O4S2. The van der Waals surface area contributed by atoms with Crippen LogP contribution >= 0.6 is 34.3 Å². The molecule has 2 aromatic heterocycles. The molecule has 9 heteroatoms. The monoisotopic (exact) mass is 436 g/mol. The molecule has 0 aliphatic heterocycles. The van der Waals surface area contributed by atoms with Crippen molar-refractivity contribution < 1.29 is 19.4 Å². The van der Waals surface area contributed by atoms with Gasteiger partial charge < -0.3 is 20.5 Å². The molecule has 0 saturated carbocycles. The number of carbonyl (C=O) groups excluding carboxylic acids is 2. The van der Waals surface area contributed by atoms with Gasteiger partial charge in [0.1, 0.15) is 11.9 Å². The Morgan fingerprint density at radius 1 is 1.18 bits per heavy atom. The molecule has 28 heavy (non-hydrogen) atoms. The zero-order chi connectivity index (χ0) is 20.1. The van der Waals surface area contributed by atoms with E-state index in [9.17, 15) is 14.7 Å². The highest BCUT2D eigenvalue weighted by Crippen LogP contribution is 2.31. The zero-order valence-corrected chi connectivity index (χ0v) is 17.2. The van der Waals surface area contributed by atoms with Crippen LogP contribution in [0.25, 0.3) is 0 Å². The summed E-state index contributed by atoms with van der Waals surface area (Å²) in [5, 5.41) is 17.7. The van der Waals surface area contributed by atoms with Crippen molar-refractivity contribution in [1.82, 2.24) is 5.32 Å². The first-order valence-corrected chi connectivity index (χ1v) is 10.3. The van der Waals surface area contributed by atoms with Gasteiger partial charge in [-0.1, -0.05) is 17.7 Å². The topological polar surface area (TPSA) is 87.7 Å². The summed E-state index contributed by atoms with van der Waals surface area (Å²) >= 11 is 8.77. The Balaban J connectivity index is 1.57. The van der Waals surface area contributed by atoms with Gasteiger partial charge in [0.15, 0.2) is 0 Å². The van der Waals surface area contributed by atoms with Crippen LogP contribution in [0.2, 0.25) is 5.02 Å². The van der Waals surface area contributed by atoms with Gasteiger partial charge in [-0.2, -0.15) is 0 Å². The molecule has 2 amide bonds. The van der Waals surface area contributed by atoms with E-state index in [0.29, 0.717) is 16.5 Å². The average molecular weight is 437 g/mol. The van der Waals surface area contributed by atoms with Crippen molar-refractivity contribution in [3.63, 3.8) is 0 Å². The fourth-order valence-corrected chi connectivity index (χ4v) is 4.36. The lowest BCUT2D eigenvalue weighted by Gasteiger charge is -2.10. The molecule has 1 atom stereocenters. The van der Waals surface area contributed by atoms with E-state index in [1.807, 2.05) is 29.6 Å². The zero-order valence-electron chi connectivity index (χ0n) is 14.8. The van der Waals surface area contributed by atoms with E-state index in [2.05, 4.69) is 10.6 Å². The van der Waals surface area contributed by atoms with Gasteiger partial charge >= 0.3 is 11.8 Å². The van der Waals surface area contributed by atoms with Crippen molar-refractivity contribution in [3.05, 3.63) is 67.5 Å². The van der Waals surface area contributed by atoms with Crippen molar-refractivity contribution in [2.45, 2.75) is 12.6 Å². The van der Waals surface area contributed by atoms with Crippen molar-refractivity contribution in [2.24, 2.45) is 0 Å². The smallest absolute Gasteiger partial charge is 0.313 e. The Morgan fingerprint density at radius 3 is 2.71 bits per heavy atom. The predicted octanol–water partition coefficient (Wildman–Crippen LogP) is 3.81. The second-order valence-electron chi connectivity index (χ2n) is 5.70. The van der Waals surface area contributed by atoms with E-state index in [1.165, 1.54) is 35.8 Å². The number of aliphatic hydroxyl groups is 1. The standard InChI is InChI=1S/C19H17ClN2O4S2/c1-26-14-6-4-11(20)9-13(14)22-19(25)18(24)21-10-12-5-7-16(28-12)17(23)15-3-2-8-27-15/h2-9,17,23H,10H2,1H3,(H,21,24)(H,22,25). The van der Waals surface area contributed by atoms with Crippen LogP contribution in [0.5, 0.6) is 5.75 Å². The normalized spacial score (nSPS) is 11.7. The molecule has 1 aromatic carbocycles. The van der Waals surface area contributed by atoms with E-state index in [4.69, 9.17) is 16.3 Å². The van der Waals surface area contributed by atoms with Crippen molar-refractivity contribution >= 4 is 51.8 Å². The molecule has 3 aromatic rings. The highest BCUT2D eigenvalue weighted by Gasteiger charge is 2.17. The van der Waals surface area contributed by atoms with E-state index in [0.717, 1.165) is 14.6 Å². The van der Waals surface area contributed by atoms with Crippen LogP contribution in [0, 0.1) is 0 Å². The second kappa shape index (κ2) is 9.20. The highest BCUT2D eigenvalue weighted by atomic mass is 35.5. The summed E-state index contributed by atoms with van der Waals surface area (Å²) in [6.45, 7) is 0.181. The van der Waals surface area contributed by atoms with Crippen LogP contribution in [0.3, 0.4) is 0 Å². The Bertz CT molecular complexity index is 972. The number of hydrogen-bond acceptors (Lipinski definition) is 6. The molecule has 3 N–H and O–H groups in total. The maximum atomic E-state index is 12.1. The Morgan fingerprint density at radius 2 is 2.00 bits per heavy atom. The number of anilines is 1. The number of aliphatic hydroxyl groups excluding tert-OH is 1. The molecule has 3 rings (SSSR count). The summed E-state index contributed by atoms with van der Waals surface area (Å²) in [6.07, 6.45) is -0.687. The number of ether oxygens (including phenoxy) is 1. The maximum absolute atomic E-state index is 12.1. The number of amides is 2. The number of hydrogen-bond donors (Lipinski definition) is 3. The SMILES string of the molecule is COc1ccc(Cl)cc1NC(=O)C(=O)NCc1ccc(C(O)c2cccs2)s1. The number of carbonyl (C=O) groups is 2. The van der Waals surface area contributed by atoms with Crippen molar-refractivity contribution in [3.8, 4) is 5.75 Å². The van der Waals surface area contributed by atoms with Gasteiger partial charge in [0.25, 0.3) is 0 Å². The van der Waals surface area contributed by atoms with Gasteiger partial charge in [-0.3, -0.25) is 9.59 Å². The summed E-state index contributed by atoms with van der Waals surface area (Å²) in [6, 6.07) is 12.1. The van der Waals surface area contributed by atoms with Gasteiger partial charge in [-0.15, -0.1) is 22.7 Å². The number of rotatable bonds is 6. The Hall–Kier alpha value is -2.39. The molecule has 6 nitrogen and oxygen atoms in total. The first kappa shape index (κ1) is 20.3.